The Bertz CT molecular complexity index is 897. The lowest BCUT2D eigenvalue weighted by atomic mass is 10.2. The summed E-state index contributed by atoms with van der Waals surface area (Å²) in [4.78, 5) is 9.42. The second-order valence-electron chi connectivity index (χ2n) is 4.98. The van der Waals surface area contributed by atoms with E-state index in [0.29, 0.717) is 22.4 Å². The Labute approximate surface area is 149 Å². The average molecular weight is 386 g/mol. The number of pyridine rings is 1. The van der Waals surface area contributed by atoms with Crippen molar-refractivity contribution in [2.24, 2.45) is 0 Å². The van der Waals surface area contributed by atoms with Crippen LogP contribution in [-0.4, -0.2) is 26.3 Å². The SMILES string of the molecule is CCSc1cc(CO)cnc1-c1nc2cc(SC(F)(F)F)ccc2o1. The molecule has 0 atom stereocenters. The Hall–Kier alpha value is -1.71. The lowest BCUT2D eigenvalue weighted by molar-refractivity contribution is -0.0328. The number of alkyl halides is 3. The summed E-state index contributed by atoms with van der Waals surface area (Å²) < 4.78 is 43.2. The monoisotopic (exact) mass is 386 g/mol. The minimum atomic E-state index is -4.35. The molecule has 0 aliphatic carbocycles. The third-order valence-electron chi connectivity index (χ3n) is 3.19. The lowest BCUT2D eigenvalue weighted by Crippen LogP contribution is -1.98. The quantitative estimate of drug-likeness (QED) is 0.615. The highest BCUT2D eigenvalue weighted by atomic mass is 32.2. The van der Waals surface area contributed by atoms with E-state index in [-0.39, 0.29) is 29.2 Å². The van der Waals surface area contributed by atoms with Gasteiger partial charge in [0.1, 0.15) is 11.2 Å². The first-order valence-electron chi connectivity index (χ1n) is 7.29. The number of aliphatic hydroxyl groups excluding tert-OH is 1. The molecule has 3 aromatic rings. The highest BCUT2D eigenvalue weighted by molar-refractivity contribution is 8.00. The fourth-order valence-corrected chi connectivity index (χ4v) is 3.60. The predicted molar refractivity (Wildman–Crippen MR) is 91.5 cm³/mol. The molecule has 0 spiro atoms. The first-order valence-corrected chi connectivity index (χ1v) is 9.09. The number of rotatable bonds is 5. The summed E-state index contributed by atoms with van der Waals surface area (Å²) in [5, 5.41) is 9.25. The van der Waals surface area contributed by atoms with Crippen LogP contribution in [0.25, 0.3) is 22.7 Å². The van der Waals surface area contributed by atoms with Crippen LogP contribution < -0.4 is 0 Å². The molecule has 0 radical (unpaired) electrons. The van der Waals surface area contributed by atoms with E-state index in [0.717, 1.165) is 10.6 Å². The predicted octanol–water partition coefficient (Wildman–Crippen LogP) is 5.11. The number of hydrogen-bond donors (Lipinski definition) is 1. The maximum atomic E-state index is 12.5. The molecular formula is C16H13F3N2O2S2. The second kappa shape index (κ2) is 7.27. The summed E-state index contributed by atoms with van der Waals surface area (Å²) in [6.07, 6.45) is 1.52. The number of hydrogen-bond acceptors (Lipinski definition) is 6. The summed E-state index contributed by atoms with van der Waals surface area (Å²) in [6.45, 7) is 1.85. The van der Waals surface area contributed by atoms with Gasteiger partial charge in [-0.1, -0.05) is 6.92 Å². The molecule has 25 heavy (non-hydrogen) atoms. The van der Waals surface area contributed by atoms with Gasteiger partial charge < -0.3 is 9.52 Å². The van der Waals surface area contributed by atoms with Crippen molar-refractivity contribution in [1.82, 2.24) is 9.97 Å². The van der Waals surface area contributed by atoms with E-state index < -0.39 is 5.51 Å². The molecule has 9 heteroatoms. The van der Waals surface area contributed by atoms with Crippen LogP contribution in [-0.2, 0) is 6.61 Å². The minimum absolute atomic E-state index is 0.0478. The zero-order chi connectivity index (χ0) is 18.0. The number of aliphatic hydroxyl groups is 1. The highest BCUT2D eigenvalue weighted by Gasteiger charge is 2.29. The molecule has 0 aliphatic rings. The molecule has 4 nitrogen and oxygen atoms in total. The molecule has 2 heterocycles. The van der Waals surface area contributed by atoms with Gasteiger partial charge in [-0.05, 0) is 47.3 Å². The summed E-state index contributed by atoms with van der Waals surface area (Å²) in [5.74, 6) is 1.03. The first-order chi connectivity index (χ1) is 11.9. The third-order valence-corrected chi connectivity index (χ3v) is 4.82. The number of nitrogens with zero attached hydrogens (tertiary/aromatic N) is 2. The summed E-state index contributed by atoms with van der Waals surface area (Å²) >= 11 is 1.33. The van der Waals surface area contributed by atoms with Crippen LogP contribution in [0, 0.1) is 0 Å². The van der Waals surface area contributed by atoms with Crippen molar-refractivity contribution in [2.45, 2.75) is 28.8 Å². The van der Waals surface area contributed by atoms with Crippen molar-refractivity contribution in [3.05, 3.63) is 36.0 Å². The normalized spacial score (nSPS) is 12.0. The second-order valence-corrected chi connectivity index (χ2v) is 7.42. The van der Waals surface area contributed by atoms with Crippen LogP contribution in [0.1, 0.15) is 12.5 Å². The number of aromatic nitrogens is 2. The van der Waals surface area contributed by atoms with E-state index in [2.05, 4.69) is 9.97 Å². The van der Waals surface area contributed by atoms with E-state index in [1.165, 1.54) is 36.2 Å². The molecule has 0 unspecified atom stereocenters. The van der Waals surface area contributed by atoms with Crippen molar-refractivity contribution in [1.29, 1.82) is 0 Å². The molecule has 0 bridgehead atoms. The molecule has 0 saturated carbocycles. The Morgan fingerprint density at radius 1 is 1.24 bits per heavy atom. The Morgan fingerprint density at radius 3 is 2.72 bits per heavy atom. The third kappa shape index (κ3) is 4.28. The fourth-order valence-electron chi connectivity index (χ4n) is 2.20. The van der Waals surface area contributed by atoms with Crippen LogP contribution in [0.15, 0.2) is 44.7 Å². The minimum Gasteiger partial charge on any atom is -0.435 e. The molecular weight excluding hydrogens is 373 g/mol. The maximum Gasteiger partial charge on any atom is 0.446 e. The van der Waals surface area contributed by atoms with Crippen LogP contribution in [0.2, 0.25) is 0 Å². The van der Waals surface area contributed by atoms with Crippen molar-refractivity contribution in [2.75, 3.05) is 5.75 Å². The van der Waals surface area contributed by atoms with Gasteiger partial charge in [0.15, 0.2) is 5.58 Å². The van der Waals surface area contributed by atoms with Gasteiger partial charge in [0.05, 0.1) is 6.61 Å². The van der Waals surface area contributed by atoms with Crippen molar-refractivity contribution in [3.8, 4) is 11.6 Å². The molecule has 1 aromatic carbocycles. The molecule has 1 N–H and O–H groups in total. The van der Waals surface area contributed by atoms with Crippen LogP contribution in [0.5, 0.6) is 0 Å². The van der Waals surface area contributed by atoms with Gasteiger partial charge in [0, 0.05) is 16.0 Å². The van der Waals surface area contributed by atoms with Gasteiger partial charge in [0.25, 0.3) is 0 Å². The summed E-state index contributed by atoms with van der Waals surface area (Å²) in [7, 11) is 0. The van der Waals surface area contributed by atoms with Crippen molar-refractivity contribution in [3.63, 3.8) is 0 Å². The molecule has 2 aromatic heterocycles. The summed E-state index contributed by atoms with van der Waals surface area (Å²) in [5.41, 5.74) is -2.45. The standard InChI is InChI=1S/C16H13F3N2O2S2/c1-2-24-13-5-9(8-22)7-20-14(13)15-21-11-6-10(25-16(17,18)19)3-4-12(11)23-15/h3-7,22H,2,8H2,1H3. The fraction of sp³-hybridized carbons (Fsp3) is 0.250. The van der Waals surface area contributed by atoms with Crippen LogP contribution in [0.3, 0.4) is 0 Å². The van der Waals surface area contributed by atoms with Crippen LogP contribution >= 0.6 is 23.5 Å². The molecule has 0 aliphatic heterocycles. The average Bonchev–Trinajstić information content (AvgIpc) is 2.96. The van der Waals surface area contributed by atoms with E-state index in [9.17, 15) is 18.3 Å². The zero-order valence-corrected chi connectivity index (χ0v) is 14.6. The van der Waals surface area contributed by atoms with E-state index in [4.69, 9.17) is 4.42 Å². The Morgan fingerprint density at radius 2 is 2.04 bits per heavy atom. The summed E-state index contributed by atoms with van der Waals surface area (Å²) in [6, 6.07) is 5.96. The van der Waals surface area contributed by atoms with Gasteiger partial charge in [-0.25, -0.2) is 9.97 Å². The highest BCUT2D eigenvalue weighted by Crippen LogP contribution is 2.38. The van der Waals surface area contributed by atoms with Crippen molar-refractivity contribution >= 4 is 34.6 Å². The molecule has 132 valence electrons. The van der Waals surface area contributed by atoms with Gasteiger partial charge in [-0.3, -0.25) is 0 Å². The van der Waals surface area contributed by atoms with Gasteiger partial charge in [-0.2, -0.15) is 13.2 Å². The number of oxazole rings is 1. The van der Waals surface area contributed by atoms with Gasteiger partial charge >= 0.3 is 5.51 Å². The number of fused-ring (bicyclic) bond motifs is 1. The zero-order valence-electron chi connectivity index (χ0n) is 13.0. The number of benzene rings is 1. The molecule has 0 fully saturated rings. The Kier molecular flexibility index (Phi) is 5.26. The van der Waals surface area contributed by atoms with Crippen molar-refractivity contribution < 1.29 is 22.7 Å². The van der Waals surface area contributed by atoms with Gasteiger partial charge in [0.2, 0.25) is 5.89 Å². The van der Waals surface area contributed by atoms with Crippen LogP contribution in [0.4, 0.5) is 13.2 Å². The lowest BCUT2D eigenvalue weighted by Gasteiger charge is -2.05. The van der Waals surface area contributed by atoms with E-state index >= 15 is 0 Å². The number of thioether (sulfide) groups is 2. The van der Waals surface area contributed by atoms with E-state index in [1.54, 1.807) is 6.07 Å². The topological polar surface area (TPSA) is 59.2 Å². The molecule has 0 amide bonds. The number of halogens is 3. The first kappa shape index (κ1) is 18.1. The van der Waals surface area contributed by atoms with E-state index in [1.807, 2.05) is 6.92 Å². The molecule has 0 saturated heterocycles. The maximum absolute atomic E-state index is 12.5. The molecule has 3 rings (SSSR count). The smallest absolute Gasteiger partial charge is 0.435 e. The van der Waals surface area contributed by atoms with Gasteiger partial charge in [-0.15, -0.1) is 11.8 Å². The largest absolute Gasteiger partial charge is 0.446 e. The Balaban J connectivity index is 2.01.